The Balaban J connectivity index is 1.96. The van der Waals surface area contributed by atoms with Crippen molar-refractivity contribution in [3.05, 3.63) is 0 Å². The summed E-state index contributed by atoms with van der Waals surface area (Å²) in [6.45, 7) is 6.15. The first-order chi connectivity index (χ1) is 8.22. The van der Waals surface area contributed by atoms with Gasteiger partial charge in [0, 0.05) is 11.3 Å². The molecule has 1 nitrogen and oxygen atoms in total. The fourth-order valence-corrected chi connectivity index (χ4v) is 5.15. The van der Waals surface area contributed by atoms with Crippen molar-refractivity contribution in [2.24, 2.45) is 11.8 Å². The smallest absolute Gasteiger partial charge is 0.0121 e. The molecule has 0 spiro atoms. The van der Waals surface area contributed by atoms with Gasteiger partial charge in [-0.3, -0.25) is 0 Å². The van der Waals surface area contributed by atoms with Crippen LogP contribution in [0.25, 0.3) is 0 Å². The highest BCUT2D eigenvalue weighted by Gasteiger charge is 2.33. The molecule has 0 N–H and O–H groups in total. The van der Waals surface area contributed by atoms with E-state index >= 15 is 0 Å². The van der Waals surface area contributed by atoms with Gasteiger partial charge in [0.15, 0.2) is 0 Å². The van der Waals surface area contributed by atoms with Crippen molar-refractivity contribution in [1.82, 2.24) is 4.90 Å². The molecule has 2 aliphatic rings. The second kappa shape index (κ2) is 6.47. The van der Waals surface area contributed by atoms with Gasteiger partial charge < -0.3 is 4.90 Å². The lowest BCUT2D eigenvalue weighted by molar-refractivity contribution is 0.202. The van der Waals surface area contributed by atoms with E-state index in [0.29, 0.717) is 0 Å². The predicted octanol–water partition coefficient (Wildman–Crippen LogP) is 4.03. The van der Waals surface area contributed by atoms with Crippen LogP contribution in [0.1, 0.15) is 52.4 Å². The Bertz CT molecular complexity index is 231. The number of hydrogen-bond donors (Lipinski definition) is 0. The van der Waals surface area contributed by atoms with Gasteiger partial charge >= 0.3 is 0 Å². The Kier molecular flexibility index (Phi) is 5.23. The number of nitrogens with zero attached hydrogens (tertiary/aromatic N) is 1. The van der Waals surface area contributed by atoms with E-state index < -0.39 is 0 Å². The first-order valence-corrected chi connectivity index (χ1v) is 8.59. The van der Waals surface area contributed by atoms with Gasteiger partial charge in [0.1, 0.15) is 0 Å². The van der Waals surface area contributed by atoms with Gasteiger partial charge in [0.2, 0.25) is 0 Å². The molecule has 0 aromatic carbocycles. The summed E-state index contributed by atoms with van der Waals surface area (Å²) in [6, 6.07) is 0.903. The van der Waals surface area contributed by atoms with Crippen LogP contribution in [0, 0.1) is 11.8 Å². The van der Waals surface area contributed by atoms with E-state index in [-0.39, 0.29) is 0 Å². The molecule has 2 heteroatoms. The number of rotatable bonds is 3. The fourth-order valence-electron chi connectivity index (χ4n) is 3.61. The molecule has 0 aromatic rings. The highest BCUT2D eigenvalue weighted by Crippen LogP contribution is 2.38. The number of hydrogen-bond acceptors (Lipinski definition) is 2. The molecule has 17 heavy (non-hydrogen) atoms. The van der Waals surface area contributed by atoms with E-state index in [1.54, 1.807) is 0 Å². The summed E-state index contributed by atoms with van der Waals surface area (Å²) >= 11 is 2.26. The highest BCUT2D eigenvalue weighted by atomic mass is 32.2. The summed E-state index contributed by atoms with van der Waals surface area (Å²) in [5.41, 5.74) is 0. The number of thioether (sulfide) groups is 1. The summed E-state index contributed by atoms with van der Waals surface area (Å²) in [5.74, 6) is 3.30. The Labute approximate surface area is 112 Å². The summed E-state index contributed by atoms with van der Waals surface area (Å²) in [4.78, 5) is 2.63. The van der Waals surface area contributed by atoms with Crippen LogP contribution in [0.4, 0.5) is 0 Å². The molecular formula is C15H29NS. The van der Waals surface area contributed by atoms with E-state index in [2.05, 4.69) is 37.6 Å². The lowest BCUT2D eigenvalue weighted by Crippen LogP contribution is -2.34. The molecule has 2 heterocycles. The minimum atomic E-state index is 0.903. The molecule has 0 aliphatic carbocycles. The highest BCUT2D eigenvalue weighted by molar-refractivity contribution is 7.99. The van der Waals surface area contributed by atoms with E-state index in [1.807, 2.05) is 0 Å². The Morgan fingerprint density at radius 2 is 2.12 bits per heavy atom. The Morgan fingerprint density at radius 1 is 1.29 bits per heavy atom. The average molecular weight is 255 g/mol. The topological polar surface area (TPSA) is 3.24 Å². The van der Waals surface area contributed by atoms with Crippen molar-refractivity contribution in [2.75, 3.05) is 19.3 Å². The summed E-state index contributed by atoms with van der Waals surface area (Å²) < 4.78 is 0. The van der Waals surface area contributed by atoms with E-state index in [1.165, 1.54) is 50.8 Å². The van der Waals surface area contributed by atoms with Gasteiger partial charge in [0.05, 0.1) is 0 Å². The normalized spacial score (nSPS) is 37.9. The molecule has 2 aliphatic heterocycles. The van der Waals surface area contributed by atoms with Gasteiger partial charge in [-0.1, -0.05) is 20.3 Å². The first-order valence-electron chi connectivity index (χ1n) is 7.54. The van der Waals surface area contributed by atoms with Crippen LogP contribution in [0.3, 0.4) is 0 Å². The molecule has 0 aromatic heterocycles. The Morgan fingerprint density at radius 3 is 2.76 bits per heavy atom. The van der Waals surface area contributed by atoms with E-state index in [9.17, 15) is 0 Å². The quantitative estimate of drug-likeness (QED) is 0.749. The van der Waals surface area contributed by atoms with Gasteiger partial charge in [-0.25, -0.2) is 0 Å². The standard InChI is InChI=1S/C15H29NS/c1-4-12(2)15-11-13(7-6-10-17-15)14-8-5-9-16(14)3/h12-15H,4-11H2,1-3H3. The lowest BCUT2D eigenvalue weighted by atomic mass is 9.86. The van der Waals surface area contributed by atoms with Crippen LogP contribution in [-0.2, 0) is 0 Å². The fraction of sp³-hybridized carbons (Fsp3) is 1.00. The van der Waals surface area contributed by atoms with Crippen molar-refractivity contribution < 1.29 is 0 Å². The maximum absolute atomic E-state index is 2.63. The van der Waals surface area contributed by atoms with Crippen LogP contribution >= 0.6 is 11.8 Å². The zero-order valence-corrected chi connectivity index (χ0v) is 12.6. The van der Waals surface area contributed by atoms with Crippen molar-refractivity contribution in [3.8, 4) is 0 Å². The predicted molar refractivity (Wildman–Crippen MR) is 78.7 cm³/mol. The van der Waals surface area contributed by atoms with Crippen LogP contribution in [0.5, 0.6) is 0 Å². The molecule has 0 bridgehead atoms. The minimum Gasteiger partial charge on any atom is -0.303 e. The summed E-state index contributed by atoms with van der Waals surface area (Å²) in [5, 5.41) is 0.932. The average Bonchev–Trinajstić information content (AvgIpc) is 2.63. The van der Waals surface area contributed by atoms with Crippen LogP contribution < -0.4 is 0 Å². The van der Waals surface area contributed by atoms with Crippen molar-refractivity contribution in [1.29, 1.82) is 0 Å². The summed E-state index contributed by atoms with van der Waals surface area (Å²) in [6.07, 6.45) is 8.65. The third-order valence-corrected chi connectivity index (χ3v) is 6.60. The number of likely N-dealkylation sites (tertiary alicyclic amines) is 1. The van der Waals surface area contributed by atoms with Crippen molar-refractivity contribution in [3.63, 3.8) is 0 Å². The van der Waals surface area contributed by atoms with Gasteiger partial charge in [0.25, 0.3) is 0 Å². The molecule has 4 atom stereocenters. The second-order valence-corrected chi connectivity index (χ2v) is 7.47. The van der Waals surface area contributed by atoms with Gasteiger partial charge in [-0.2, -0.15) is 11.8 Å². The molecule has 100 valence electrons. The van der Waals surface area contributed by atoms with Crippen LogP contribution in [-0.4, -0.2) is 35.5 Å². The third kappa shape index (κ3) is 3.41. The molecule has 0 saturated carbocycles. The largest absolute Gasteiger partial charge is 0.303 e. The van der Waals surface area contributed by atoms with Gasteiger partial charge in [-0.05, 0) is 63.3 Å². The SMILES string of the molecule is CCC(C)C1CC(C2CCCN2C)CCCS1. The van der Waals surface area contributed by atoms with Crippen LogP contribution in [0.2, 0.25) is 0 Å². The first kappa shape index (κ1) is 13.7. The van der Waals surface area contributed by atoms with Crippen molar-refractivity contribution >= 4 is 11.8 Å². The molecule has 0 radical (unpaired) electrons. The molecule has 0 amide bonds. The zero-order valence-electron chi connectivity index (χ0n) is 11.8. The molecule has 2 saturated heterocycles. The molecular weight excluding hydrogens is 226 g/mol. The maximum atomic E-state index is 2.63. The summed E-state index contributed by atoms with van der Waals surface area (Å²) in [7, 11) is 2.34. The maximum Gasteiger partial charge on any atom is 0.0121 e. The van der Waals surface area contributed by atoms with Gasteiger partial charge in [-0.15, -0.1) is 0 Å². The third-order valence-electron chi connectivity index (χ3n) is 4.99. The molecule has 2 rings (SSSR count). The molecule has 4 unspecified atom stereocenters. The van der Waals surface area contributed by atoms with Crippen LogP contribution in [0.15, 0.2) is 0 Å². The second-order valence-electron chi connectivity index (χ2n) is 6.12. The molecule has 2 fully saturated rings. The van der Waals surface area contributed by atoms with E-state index in [0.717, 1.165) is 23.1 Å². The zero-order chi connectivity index (χ0) is 12.3. The van der Waals surface area contributed by atoms with E-state index in [4.69, 9.17) is 0 Å². The Hall–Kier alpha value is 0.310. The monoisotopic (exact) mass is 255 g/mol. The van der Waals surface area contributed by atoms with Crippen molar-refractivity contribution in [2.45, 2.75) is 63.7 Å². The lowest BCUT2D eigenvalue weighted by Gasteiger charge is -2.31. The minimum absolute atomic E-state index is 0.903.